The molecule has 1 aliphatic heterocycles. The molecule has 4 rings (SSSR count). The van der Waals surface area contributed by atoms with Crippen molar-refractivity contribution in [3.63, 3.8) is 0 Å². The third-order valence-corrected chi connectivity index (χ3v) is 5.94. The van der Waals surface area contributed by atoms with E-state index in [0.29, 0.717) is 0 Å². The van der Waals surface area contributed by atoms with Crippen molar-refractivity contribution in [3.8, 4) is 28.4 Å². The summed E-state index contributed by atoms with van der Waals surface area (Å²) < 4.78 is 144. The van der Waals surface area contributed by atoms with E-state index in [9.17, 15) is 49.0 Å². The van der Waals surface area contributed by atoms with E-state index in [2.05, 4.69) is 9.47 Å². The standard InChI is InChI=1S/C26H19F10NO4/c27-23(28)25(32,33)40-16-6-2-5-15(11-16)20-13-39-22-18(14-4-1-7-17(10-14)41-26(34,35)36)8-3-9-19(22)37(20)12-21(38)24(29,30)31/h1-11,20-21,23,38H,12-13H2/t20-,21?/m1/s1. The van der Waals surface area contributed by atoms with Gasteiger partial charge in [0, 0.05) is 5.56 Å². The molecule has 3 aromatic carbocycles. The molecule has 3 aromatic rings. The van der Waals surface area contributed by atoms with Gasteiger partial charge in [-0.1, -0.05) is 36.4 Å². The number of anilines is 1. The first-order chi connectivity index (χ1) is 19.0. The molecule has 0 aromatic heterocycles. The molecule has 1 unspecified atom stereocenters. The second-order valence-corrected chi connectivity index (χ2v) is 8.80. The number of hydrogen-bond donors (Lipinski definition) is 1. The summed E-state index contributed by atoms with van der Waals surface area (Å²) in [5.41, 5.74) is 0.337. The molecule has 0 spiro atoms. The molecule has 15 heteroatoms. The van der Waals surface area contributed by atoms with Crippen molar-refractivity contribution in [3.05, 3.63) is 72.3 Å². The van der Waals surface area contributed by atoms with Gasteiger partial charge in [-0.2, -0.15) is 30.7 Å². The van der Waals surface area contributed by atoms with Crippen molar-refractivity contribution in [2.75, 3.05) is 18.1 Å². The molecule has 0 saturated carbocycles. The second kappa shape index (κ2) is 11.2. The molecular weight excluding hydrogens is 580 g/mol. The highest BCUT2D eigenvalue weighted by molar-refractivity contribution is 5.80. The van der Waals surface area contributed by atoms with Crippen molar-refractivity contribution < 1.29 is 63.2 Å². The van der Waals surface area contributed by atoms with Crippen LogP contribution in [0, 0.1) is 0 Å². The van der Waals surface area contributed by atoms with E-state index >= 15 is 0 Å². The Morgan fingerprint density at radius 2 is 1.49 bits per heavy atom. The van der Waals surface area contributed by atoms with E-state index in [1.54, 1.807) is 0 Å². The Hall–Kier alpha value is -3.88. The Morgan fingerprint density at radius 1 is 0.854 bits per heavy atom. The largest absolute Gasteiger partial charge is 0.573 e. The molecule has 0 radical (unpaired) electrons. The second-order valence-electron chi connectivity index (χ2n) is 8.80. The van der Waals surface area contributed by atoms with Gasteiger partial charge in [-0.15, -0.1) is 13.2 Å². The maximum Gasteiger partial charge on any atom is 0.573 e. The third-order valence-electron chi connectivity index (χ3n) is 5.94. The number of rotatable bonds is 8. The third kappa shape index (κ3) is 7.07. The lowest BCUT2D eigenvalue weighted by molar-refractivity contribution is -0.274. The summed E-state index contributed by atoms with van der Waals surface area (Å²) in [7, 11) is 0. The molecular formula is C26H19F10NO4. The molecule has 222 valence electrons. The van der Waals surface area contributed by atoms with Crippen molar-refractivity contribution >= 4 is 5.69 Å². The number of para-hydroxylation sites is 1. The highest BCUT2D eigenvalue weighted by atomic mass is 19.4. The van der Waals surface area contributed by atoms with Gasteiger partial charge < -0.3 is 24.2 Å². The van der Waals surface area contributed by atoms with E-state index in [0.717, 1.165) is 35.2 Å². The molecule has 0 amide bonds. The van der Waals surface area contributed by atoms with Crippen LogP contribution in [0.5, 0.6) is 17.2 Å². The lowest BCUT2D eigenvalue weighted by atomic mass is 9.98. The Kier molecular flexibility index (Phi) is 8.21. The van der Waals surface area contributed by atoms with E-state index in [-0.39, 0.29) is 28.1 Å². The van der Waals surface area contributed by atoms with E-state index in [4.69, 9.17) is 4.74 Å². The number of nitrogens with zero attached hydrogens (tertiary/aromatic N) is 1. The number of benzene rings is 3. The van der Waals surface area contributed by atoms with Crippen LogP contribution in [0.4, 0.5) is 49.6 Å². The fourth-order valence-electron chi connectivity index (χ4n) is 4.19. The van der Waals surface area contributed by atoms with Crippen molar-refractivity contribution in [2.24, 2.45) is 0 Å². The van der Waals surface area contributed by atoms with Gasteiger partial charge in [-0.05, 0) is 41.5 Å². The Balaban J connectivity index is 1.76. The smallest absolute Gasteiger partial charge is 0.488 e. The molecule has 1 N–H and O–H groups in total. The van der Waals surface area contributed by atoms with Crippen molar-refractivity contribution in [2.45, 2.75) is 37.2 Å². The summed E-state index contributed by atoms with van der Waals surface area (Å²) in [4.78, 5) is 1.07. The topological polar surface area (TPSA) is 51.2 Å². The van der Waals surface area contributed by atoms with Gasteiger partial charge in [0.2, 0.25) is 0 Å². The SMILES string of the molecule is OC(CN1c2cccc(-c3cccc(OC(F)(F)F)c3)c2OC[C@@H]1c1cccc(OC(F)(F)C(F)F)c1)C(F)(F)F. The van der Waals surface area contributed by atoms with Crippen LogP contribution in [0.1, 0.15) is 11.6 Å². The normalized spacial score (nSPS) is 16.7. The maximum atomic E-state index is 13.5. The van der Waals surface area contributed by atoms with Crippen LogP contribution in [-0.4, -0.2) is 49.4 Å². The monoisotopic (exact) mass is 599 g/mol. The molecule has 1 heterocycles. The van der Waals surface area contributed by atoms with Crippen LogP contribution in [0.15, 0.2) is 66.7 Å². The fourth-order valence-corrected chi connectivity index (χ4v) is 4.19. The minimum absolute atomic E-state index is 0.0200. The van der Waals surface area contributed by atoms with Gasteiger partial charge in [-0.3, -0.25) is 0 Å². The molecule has 0 saturated heterocycles. The summed E-state index contributed by atoms with van der Waals surface area (Å²) in [6, 6.07) is 12.1. The average molecular weight is 599 g/mol. The van der Waals surface area contributed by atoms with E-state index in [1.165, 1.54) is 36.4 Å². The summed E-state index contributed by atoms with van der Waals surface area (Å²) in [6.07, 6.45) is -21.9. The number of β-amino-alcohol motifs (C(OH)–C–C–N with tert-alkyl or cyclic N) is 1. The highest BCUT2D eigenvalue weighted by Gasteiger charge is 2.45. The predicted octanol–water partition coefficient (Wildman–Crippen LogP) is 7.35. The van der Waals surface area contributed by atoms with Gasteiger partial charge in [0.25, 0.3) is 0 Å². The summed E-state index contributed by atoms with van der Waals surface area (Å²) >= 11 is 0. The number of fused-ring (bicyclic) bond motifs is 1. The molecule has 2 atom stereocenters. The van der Waals surface area contributed by atoms with E-state index < -0.39 is 61.9 Å². The number of halogens is 10. The number of aliphatic hydroxyl groups is 1. The first-order valence-corrected chi connectivity index (χ1v) is 11.6. The number of aliphatic hydroxyl groups excluding tert-OH is 1. The van der Waals surface area contributed by atoms with Gasteiger partial charge in [0.1, 0.15) is 18.1 Å². The first kappa shape index (κ1) is 30.1. The number of hydrogen-bond acceptors (Lipinski definition) is 5. The van der Waals surface area contributed by atoms with Gasteiger partial charge in [-0.25, -0.2) is 0 Å². The van der Waals surface area contributed by atoms with Gasteiger partial charge in [0.15, 0.2) is 11.9 Å². The zero-order chi connectivity index (χ0) is 30.2. The summed E-state index contributed by atoms with van der Waals surface area (Å²) in [6.45, 7) is -1.49. The quantitative estimate of drug-likeness (QED) is 0.275. The molecule has 0 fully saturated rings. The van der Waals surface area contributed by atoms with Crippen LogP contribution in [-0.2, 0) is 0 Å². The lowest BCUT2D eigenvalue weighted by Gasteiger charge is -2.41. The van der Waals surface area contributed by atoms with Crippen molar-refractivity contribution in [1.29, 1.82) is 0 Å². The molecule has 0 aliphatic carbocycles. The Morgan fingerprint density at radius 3 is 2.12 bits per heavy atom. The first-order valence-electron chi connectivity index (χ1n) is 11.6. The van der Waals surface area contributed by atoms with Gasteiger partial charge >= 0.3 is 25.1 Å². The number of alkyl halides is 10. The Bertz CT molecular complexity index is 1360. The lowest BCUT2D eigenvalue weighted by Crippen LogP contribution is -2.46. The minimum atomic E-state index is -5.06. The van der Waals surface area contributed by atoms with Crippen LogP contribution < -0.4 is 19.1 Å². The van der Waals surface area contributed by atoms with Crippen LogP contribution >= 0.6 is 0 Å². The van der Waals surface area contributed by atoms with Crippen LogP contribution in [0.25, 0.3) is 11.1 Å². The molecule has 1 aliphatic rings. The van der Waals surface area contributed by atoms with E-state index in [1.807, 2.05) is 0 Å². The molecule has 0 bridgehead atoms. The Labute approximate surface area is 225 Å². The summed E-state index contributed by atoms with van der Waals surface area (Å²) in [5.74, 6) is -1.31. The minimum Gasteiger partial charge on any atom is -0.488 e. The van der Waals surface area contributed by atoms with Gasteiger partial charge in [0.05, 0.1) is 18.3 Å². The molecule has 5 nitrogen and oxygen atoms in total. The average Bonchev–Trinajstić information content (AvgIpc) is 2.87. The zero-order valence-electron chi connectivity index (χ0n) is 20.4. The highest BCUT2D eigenvalue weighted by Crippen LogP contribution is 2.46. The summed E-state index contributed by atoms with van der Waals surface area (Å²) in [5, 5.41) is 9.89. The van der Waals surface area contributed by atoms with Crippen LogP contribution in [0.2, 0.25) is 0 Å². The number of ether oxygens (including phenoxy) is 3. The zero-order valence-corrected chi connectivity index (χ0v) is 20.4. The van der Waals surface area contributed by atoms with Crippen LogP contribution in [0.3, 0.4) is 0 Å². The molecule has 41 heavy (non-hydrogen) atoms. The maximum absolute atomic E-state index is 13.5. The fraction of sp³-hybridized carbons (Fsp3) is 0.308. The van der Waals surface area contributed by atoms with Crippen molar-refractivity contribution in [1.82, 2.24) is 0 Å². The predicted molar refractivity (Wildman–Crippen MR) is 124 cm³/mol.